The molecular formula is C23H28N8O4S. The van der Waals surface area contributed by atoms with Crippen LogP contribution in [0.4, 0.5) is 17.6 Å². The van der Waals surface area contributed by atoms with E-state index in [9.17, 15) is 13.2 Å². The van der Waals surface area contributed by atoms with Crippen molar-refractivity contribution < 1.29 is 17.9 Å². The van der Waals surface area contributed by atoms with Gasteiger partial charge in [0.15, 0.2) is 0 Å². The molecule has 13 heteroatoms. The summed E-state index contributed by atoms with van der Waals surface area (Å²) in [6, 6.07) is 4.87. The highest BCUT2D eigenvalue weighted by Gasteiger charge is 2.48. The molecule has 0 bridgehead atoms. The van der Waals surface area contributed by atoms with Gasteiger partial charge in [-0.05, 0) is 44.9 Å². The van der Waals surface area contributed by atoms with Crippen LogP contribution in [0.15, 0.2) is 40.6 Å². The summed E-state index contributed by atoms with van der Waals surface area (Å²) in [4.78, 5) is 25.3. The summed E-state index contributed by atoms with van der Waals surface area (Å²) in [6.07, 6.45) is 7.47. The summed E-state index contributed by atoms with van der Waals surface area (Å²) in [5.41, 5.74) is 0.0451. The monoisotopic (exact) mass is 512 g/mol. The molecule has 0 radical (unpaired) electrons. The predicted octanol–water partition coefficient (Wildman–Crippen LogP) is 2.98. The zero-order chi connectivity index (χ0) is 25.7. The Morgan fingerprint density at radius 1 is 1.17 bits per heavy atom. The first kappa shape index (κ1) is 24.1. The smallest absolute Gasteiger partial charge is 0.309 e. The van der Waals surface area contributed by atoms with Crippen molar-refractivity contribution in [2.45, 2.75) is 69.4 Å². The van der Waals surface area contributed by atoms with Gasteiger partial charge < -0.3 is 10.1 Å². The van der Waals surface area contributed by atoms with Gasteiger partial charge in [0, 0.05) is 30.7 Å². The number of hydrogen-bond donors (Lipinski definition) is 2. The quantitative estimate of drug-likeness (QED) is 0.501. The summed E-state index contributed by atoms with van der Waals surface area (Å²) < 4.78 is 30.9. The maximum atomic E-state index is 12.1. The average molecular weight is 513 g/mol. The Hall–Kier alpha value is -3.58. The van der Waals surface area contributed by atoms with E-state index in [2.05, 4.69) is 19.9 Å². The largest absolute Gasteiger partial charge is 0.407 e. The number of carbonyl (C=O) groups excluding carboxylic acids is 1. The van der Waals surface area contributed by atoms with Gasteiger partial charge in [-0.2, -0.15) is 4.98 Å². The first-order chi connectivity index (χ1) is 17.1. The Kier molecular flexibility index (Phi) is 5.91. The number of fused-ring (bicyclic) bond motifs is 4. The third kappa shape index (κ3) is 4.17. The van der Waals surface area contributed by atoms with E-state index in [1.807, 2.05) is 24.9 Å². The second-order valence-corrected chi connectivity index (χ2v) is 11.0. The Labute approximate surface area is 208 Å². The lowest BCUT2D eigenvalue weighted by Crippen LogP contribution is -2.51. The van der Waals surface area contributed by atoms with E-state index in [-0.39, 0.29) is 16.9 Å². The van der Waals surface area contributed by atoms with Crippen molar-refractivity contribution in [2.24, 2.45) is 10.2 Å². The SMILES string of the molecule is CC(=O)OC1=NN(C(C)C)c2cc3cnc(Nc4ccc(S(N)(=O)=O)cn4)nc3n2C12CCCCC2. The number of nitrogens with one attached hydrogen (secondary N) is 1. The maximum absolute atomic E-state index is 12.1. The molecule has 0 unspecified atom stereocenters. The van der Waals surface area contributed by atoms with Crippen LogP contribution in [-0.4, -0.2) is 45.8 Å². The molecule has 0 saturated heterocycles. The molecule has 5 rings (SSSR count). The van der Waals surface area contributed by atoms with Crippen molar-refractivity contribution in [3.05, 3.63) is 30.6 Å². The fourth-order valence-electron chi connectivity index (χ4n) is 4.91. The highest BCUT2D eigenvalue weighted by Crippen LogP contribution is 2.46. The van der Waals surface area contributed by atoms with Gasteiger partial charge in [-0.3, -0.25) is 9.36 Å². The molecule has 4 heterocycles. The van der Waals surface area contributed by atoms with E-state index in [4.69, 9.17) is 20.0 Å². The lowest BCUT2D eigenvalue weighted by molar-refractivity contribution is -0.133. The molecule has 0 amide bonds. The third-order valence-electron chi connectivity index (χ3n) is 6.50. The van der Waals surface area contributed by atoms with Crippen LogP contribution in [0.3, 0.4) is 0 Å². The van der Waals surface area contributed by atoms with E-state index in [0.717, 1.165) is 43.3 Å². The number of anilines is 3. The standard InChI is InChI=1S/C23H28N8O4S/c1-14(2)31-19-11-16-12-26-22(27-18-8-7-17(13-25-18)36(24,33)34)28-20(16)30(19)23(9-5-4-6-10-23)21(29-31)35-15(3)32/h7-8,11-14H,4-6,9-10H2,1-3H3,(H2,24,33,34)(H,25,26,27,28). The van der Waals surface area contributed by atoms with Gasteiger partial charge in [0.25, 0.3) is 0 Å². The van der Waals surface area contributed by atoms with Crippen molar-refractivity contribution in [1.82, 2.24) is 19.5 Å². The van der Waals surface area contributed by atoms with Gasteiger partial charge in [-0.1, -0.05) is 19.3 Å². The van der Waals surface area contributed by atoms with E-state index in [0.29, 0.717) is 17.4 Å². The molecule has 12 nitrogen and oxygen atoms in total. The number of rotatable bonds is 4. The second-order valence-electron chi connectivity index (χ2n) is 9.39. The number of hydrogen-bond acceptors (Lipinski definition) is 10. The van der Waals surface area contributed by atoms with E-state index < -0.39 is 21.5 Å². The summed E-state index contributed by atoms with van der Waals surface area (Å²) >= 11 is 0. The number of aromatic nitrogens is 4. The highest BCUT2D eigenvalue weighted by atomic mass is 32.2. The van der Waals surface area contributed by atoms with Crippen LogP contribution in [0, 0.1) is 0 Å². The number of sulfonamides is 1. The zero-order valence-corrected chi connectivity index (χ0v) is 21.1. The molecule has 1 spiro atoms. The topological polar surface area (TPSA) is 158 Å². The molecule has 1 saturated carbocycles. The minimum Gasteiger partial charge on any atom is -0.407 e. The molecular weight excluding hydrogens is 484 g/mol. The van der Waals surface area contributed by atoms with Crippen LogP contribution in [0.5, 0.6) is 0 Å². The summed E-state index contributed by atoms with van der Waals surface area (Å²) in [7, 11) is -3.84. The highest BCUT2D eigenvalue weighted by molar-refractivity contribution is 7.89. The van der Waals surface area contributed by atoms with Crippen LogP contribution >= 0.6 is 0 Å². The summed E-state index contributed by atoms with van der Waals surface area (Å²) in [5.74, 6) is 1.50. The molecule has 2 aliphatic rings. The fraction of sp³-hybridized carbons (Fsp3) is 0.435. The Bertz CT molecular complexity index is 1460. The van der Waals surface area contributed by atoms with Crippen LogP contribution < -0.4 is 15.5 Å². The molecule has 3 aromatic heterocycles. The van der Waals surface area contributed by atoms with Crippen LogP contribution in [0.25, 0.3) is 11.0 Å². The number of ether oxygens (including phenoxy) is 1. The molecule has 3 aromatic rings. The zero-order valence-electron chi connectivity index (χ0n) is 20.3. The average Bonchev–Trinajstić information content (AvgIpc) is 3.20. The van der Waals surface area contributed by atoms with Crippen LogP contribution in [0.2, 0.25) is 0 Å². The van der Waals surface area contributed by atoms with E-state index in [1.54, 1.807) is 6.20 Å². The molecule has 1 aliphatic heterocycles. The second kappa shape index (κ2) is 8.82. The van der Waals surface area contributed by atoms with E-state index in [1.165, 1.54) is 25.3 Å². The van der Waals surface area contributed by atoms with Crippen molar-refractivity contribution in [3.63, 3.8) is 0 Å². The van der Waals surface area contributed by atoms with Crippen molar-refractivity contribution in [3.8, 4) is 0 Å². The predicted molar refractivity (Wildman–Crippen MR) is 134 cm³/mol. The Balaban J connectivity index is 1.62. The molecule has 190 valence electrons. The van der Waals surface area contributed by atoms with Crippen molar-refractivity contribution in [1.29, 1.82) is 0 Å². The number of nitrogens with two attached hydrogens (primary N) is 1. The molecule has 36 heavy (non-hydrogen) atoms. The number of primary sulfonamides is 1. The Morgan fingerprint density at radius 3 is 2.53 bits per heavy atom. The Morgan fingerprint density at radius 2 is 1.92 bits per heavy atom. The first-order valence-corrected chi connectivity index (χ1v) is 13.3. The van der Waals surface area contributed by atoms with Crippen molar-refractivity contribution in [2.75, 3.05) is 10.3 Å². The molecule has 3 N–H and O–H groups in total. The van der Waals surface area contributed by atoms with Crippen molar-refractivity contribution >= 4 is 50.5 Å². The number of pyridine rings is 1. The van der Waals surface area contributed by atoms with Gasteiger partial charge in [0.1, 0.15) is 27.7 Å². The lowest BCUT2D eigenvalue weighted by Gasteiger charge is -2.44. The van der Waals surface area contributed by atoms with Gasteiger partial charge in [-0.25, -0.2) is 28.5 Å². The van der Waals surface area contributed by atoms with Gasteiger partial charge in [0.2, 0.25) is 21.9 Å². The third-order valence-corrected chi connectivity index (χ3v) is 7.39. The summed E-state index contributed by atoms with van der Waals surface area (Å²) in [6.45, 7) is 5.43. The van der Waals surface area contributed by atoms with Gasteiger partial charge in [0.05, 0.1) is 0 Å². The van der Waals surface area contributed by atoms with Gasteiger partial charge >= 0.3 is 5.97 Å². The number of carbonyl (C=O) groups is 1. The summed E-state index contributed by atoms with van der Waals surface area (Å²) in [5, 5.41) is 15.7. The van der Waals surface area contributed by atoms with Crippen LogP contribution in [-0.2, 0) is 25.1 Å². The number of esters is 1. The van der Waals surface area contributed by atoms with E-state index >= 15 is 0 Å². The minimum atomic E-state index is -3.84. The van der Waals surface area contributed by atoms with Gasteiger partial charge in [-0.15, -0.1) is 5.10 Å². The molecule has 0 aromatic carbocycles. The minimum absolute atomic E-state index is 0.00616. The fourth-order valence-corrected chi connectivity index (χ4v) is 5.36. The molecule has 1 aliphatic carbocycles. The number of hydrazone groups is 1. The lowest BCUT2D eigenvalue weighted by atomic mass is 9.80. The molecule has 0 atom stereocenters. The van der Waals surface area contributed by atoms with Crippen LogP contribution in [0.1, 0.15) is 52.9 Å². The molecule has 1 fully saturated rings. The normalized spacial score (nSPS) is 17.2. The maximum Gasteiger partial charge on any atom is 0.309 e. The number of nitrogens with zero attached hydrogens (tertiary/aromatic N) is 6. The first-order valence-electron chi connectivity index (χ1n) is 11.8.